The molecule has 0 unspecified atom stereocenters. The van der Waals surface area contributed by atoms with Crippen LogP contribution in [0, 0.1) is 11.3 Å². The van der Waals surface area contributed by atoms with Crippen molar-refractivity contribution in [1.29, 1.82) is 5.26 Å². The first-order valence-corrected chi connectivity index (χ1v) is 10.8. The van der Waals surface area contributed by atoms with Gasteiger partial charge in [-0.05, 0) is 25.1 Å². The highest BCUT2D eigenvalue weighted by Crippen LogP contribution is 2.52. The maximum atomic E-state index is 10.1. The fourth-order valence-corrected chi connectivity index (χ4v) is 4.17. The topological polar surface area (TPSA) is 134 Å². The van der Waals surface area contributed by atoms with E-state index in [9.17, 15) is 5.26 Å². The Bertz CT molecular complexity index is 1300. The molecule has 10 nitrogen and oxygen atoms in total. The number of nitrogens with one attached hydrogen (secondary N) is 1. The zero-order chi connectivity index (χ0) is 25.1. The number of rotatable bonds is 8. The molecule has 0 aliphatic carbocycles. The molecule has 0 saturated carbocycles. The summed E-state index contributed by atoms with van der Waals surface area (Å²) in [6, 6.07) is 11.1. The van der Waals surface area contributed by atoms with Gasteiger partial charge in [0.1, 0.15) is 28.9 Å². The SMILES string of the molecule is CCOc1ccc(-c2[nH]nc3c2[C@H](c2c(OC)cc(OC)cc2OC)C(C#N)=C(N)O3)cc1OC. The van der Waals surface area contributed by atoms with Crippen LogP contribution in [0.25, 0.3) is 11.3 Å². The van der Waals surface area contributed by atoms with E-state index in [4.69, 9.17) is 34.2 Å². The Balaban J connectivity index is 1.98. The van der Waals surface area contributed by atoms with Gasteiger partial charge in [0, 0.05) is 23.3 Å². The van der Waals surface area contributed by atoms with Crippen LogP contribution in [-0.2, 0) is 0 Å². The third kappa shape index (κ3) is 4.01. The zero-order valence-corrected chi connectivity index (χ0v) is 20.1. The van der Waals surface area contributed by atoms with Crippen molar-refractivity contribution in [1.82, 2.24) is 10.2 Å². The minimum atomic E-state index is -0.703. The predicted molar refractivity (Wildman–Crippen MR) is 127 cm³/mol. The third-order valence-electron chi connectivity index (χ3n) is 5.73. The summed E-state index contributed by atoms with van der Waals surface area (Å²) in [6.45, 7) is 2.40. The van der Waals surface area contributed by atoms with Gasteiger partial charge in [0.25, 0.3) is 0 Å². The molecule has 182 valence electrons. The number of nitriles is 1. The summed E-state index contributed by atoms with van der Waals surface area (Å²) >= 11 is 0. The quantitative estimate of drug-likeness (QED) is 0.497. The molecule has 4 rings (SSSR count). The summed E-state index contributed by atoms with van der Waals surface area (Å²) in [5, 5.41) is 17.4. The number of nitrogens with two attached hydrogens (primary N) is 1. The number of aromatic amines is 1. The highest BCUT2D eigenvalue weighted by molar-refractivity contribution is 5.74. The molecule has 1 aromatic heterocycles. The van der Waals surface area contributed by atoms with Gasteiger partial charge in [0.2, 0.25) is 11.8 Å². The standard InChI is InChI=1S/C25H26N4O6/c1-6-34-16-8-7-13(9-17(16)31-3)23-22-20(15(12-26)24(27)35-25(22)29-28-23)21-18(32-4)10-14(30-2)11-19(21)33-5/h7-11,20H,6,27H2,1-5H3,(H,28,29)/t20-/m0/s1. The summed E-state index contributed by atoms with van der Waals surface area (Å²) < 4.78 is 33.7. The molecule has 1 aliphatic rings. The number of allylic oxidation sites excluding steroid dienone is 1. The molecule has 2 aromatic carbocycles. The second-order valence-electron chi connectivity index (χ2n) is 7.49. The Hall–Kier alpha value is -4.52. The van der Waals surface area contributed by atoms with Crippen LogP contribution in [0.5, 0.6) is 34.6 Å². The van der Waals surface area contributed by atoms with Gasteiger partial charge in [0.15, 0.2) is 11.5 Å². The molecule has 0 saturated heterocycles. The normalized spacial score (nSPS) is 14.5. The molecule has 0 spiro atoms. The number of hydrogen-bond acceptors (Lipinski definition) is 9. The van der Waals surface area contributed by atoms with Crippen LogP contribution in [0.15, 0.2) is 41.8 Å². The van der Waals surface area contributed by atoms with Crippen molar-refractivity contribution in [2.45, 2.75) is 12.8 Å². The van der Waals surface area contributed by atoms with Crippen LogP contribution in [0.4, 0.5) is 0 Å². The van der Waals surface area contributed by atoms with E-state index in [1.54, 1.807) is 26.4 Å². The van der Waals surface area contributed by atoms with Gasteiger partial charge in [-0.2, -0.15) is 5.26 Å². The first kappa shape index (κ1) is 23.6. The van der Waals surface area contributed by atoms with Crippen molar-refractivity contribution in [2.24, 2.45) is 5.73 Å². The van der Waals surface area contributed by atoms with Crippen molar-refractivity contribution >= 4 is 0 Å². The Kier molecular flexibility index (Phi) is 6.59. The molecule has 2 heterocycles. The zero-order valence-electron chi connectivity index (χ0n) is 20.1. The molecule has 0 bridgehead atoms. The molecule has 10 heteroatoms. The minimum absolute atomic E-state index is 0.0488. The molecular weight excluding hydrogens is 452 g/mol. The summed E-state index contributed by atoms with van der Waals surface area (Å²) in [5.41, 5.74) is 8.90. The van der Waals surface area contributed by atoms with Crippen LogP contribution in [0.2, 0.25) is 0 Å². The average Bonchev–Trinajstić information content (AvgIpc) is 3.30. The predicted octanol–water partition coefficient (Wildman–Crippen LogP) is 3.73. The van der Waals surface area contributed by atoms with E-state index >= 15 is 0 Å². The third-order valence-corrected chi connectivity index (χ3v) is 5.73. The lowest BCUT2D eigenvalue weighted by Gasteiger charge is -2.27. The molecule has 1 aliphatic heterocycles. The van der Waals surface area contributed by atoms with Crippen LogP contribution in [-0.4, -0.2) is 45.2 Å². The molecular formula is C25H26N4O6. The van der Waals surface area contributed by atoms with E-state index in [2.05, 4.69) is 16.3 Å². The van der Waals surface area contributed by atoms with E-state index in [0.717, 1.165) is 5.56 Å². The summed E-state index contributed by atoms with van der Waals surface area (Å²) in [7, 11) is 6.18. The first-order chi connectivity index (χ1) is 17.0. The number of H-pyrrole nitrogens is 1. The van der Waals surface area contributed by atoms with Crippen molar-refractivity contribution in [3.05, 3.63) is 52.9 Å². The number of ether oxygens (including phenoxy) is 6. The number of benzene rings is 2. The second kappa shape index (κ2) is 9.77. The number of fused-ring (bicyclic) bond motifs is 1. The smallest absolute Gasteiger partial charge is 0.244 e. The highest BCUT2D eigenvalue weighted by Gasteiger charge is 2.39. The maximum Gasteiger partial charge on any atom is 0.244 e. The van der Waals surface area contributed by atoms with Crippen molar-refractivity contribution in [3.63, 3.8) is 0 Å². The lowest BCUT2D eigenvalue weighted by atomic mass is 9.82. The molecule has 0 radical (unpaired) electrons. The maximum absolute atomic E-state index is 10.1. The van der Waals surface area contributed by atoms with E-state index in [1.165, 1.54) is 14.2 Å². The molecule has 35 heavy (non-hydrogen) atoms. The molecule has 3 aromatic rings. The average molecular weight is 479 g/mol. The number of aromatic nitrogens is 2. The Morgan fingerprint density at radius 1 is 0.971 bits per heavy atom. The van der Waals surface area contributed by atoms with Gasteiger partial charge < -0.3 is 34.2 Å². The van der Waals surface area contributed by atoms with Crippen molar-refractivity contribution < 1.29 is 28.4 Å². The number of hydrogen-bond donors (Lipinski definition) is 2. The lowest BCUT2D eigenvalue weighted by Crippen LogP contribution is -2.21. The summed E-state index contributed by atoms with van der Waals surface area (Å²) in [5.74, 6) is 2.10. The fraction of sp³-hybridized carbons (Fsp3) is 0.280. The Morgan fingerprint density at radius 2 is 1.66 bits per heavy atom. The molecule has 0 fully saturated rings. The minimum Gasteiger partial charge on any atom is -0.496 e. The number of methoxy groups -OCH3 is 4. The summed E-state index contributed by atoms with van der Waals surface area (Å²) in [6.07, 6.45) is 0. The van der Waals surface area contributed by atoms with E-state index in [0.29, 0.717) is 52.2 Å². The van der Waals surface area contributed by atoms with Crippen LogP contribution in [0.3, 0.4) is 0 Å². The Labute approximate surface area is 202 Å². The van der Waals surface area contributed by atoms with Crippen LogP contribution >= 0.6 is 0 Å². The highest BCUT2D eigenvalue weighted by atomic mass is 16.5. The fourth-order valence-electron chi connectivity index (χ4n) is 4.17. The van der Waals surface area contributed by atoms with Crippen LogP contribution < -0.4 is 34.2 Å². The van der Waals surface area contributed by atoms with Crippen molar-refractivity contribution in [3.8, 4) is 52.0 Å². The molecule has 0 amide bonds. The lowest BCUT2D eigenvalue weighted by molar-refractivity contribution is 0.311. The monoisotopic (exact) mass is 478 g/mol. The van der Waals surface area contributed by atoms with E-state index in [1.807, 2.05) is 25.1 Å². The second-order valence-corrected chi connectivity index (χ2v) is 7.49. The van der Waals surface area contributed by atoms with Crippen molar-refractivity contribution in [2.75, 3.05) is 35.0 Å². The van der Waals surface area contributed by atoms with Gasteiger partial charge in [-0.1, -0.05) is 0 Å². The first-order valence-electron chi connectivity index (χ1n) is 10.8. The Morgan fingerprint density at radius 3 is 2.23 bits per heavy atom. The molecule has 3 N–H and O–H groups in total. The van der Waals surface area contributed by atoms with Gasteiger partial charge in [0.05, 0.1) is 52.2 Å². The van der Waals surface area contributed by atoms with Gasteiger partial charge in [-0.3, -0.25) is 5.10 Å². The molecule has 1 atom stereocenters. The summed E-state index contributed by atoms with van der Waals surface area (Å²) in [4.78, 5) is 0. The van der Waals surface area contributed by atoms with Crippen LogP contribution in [0.1, 0.15) is 24.0 Å². The van der Waals surface area contributed by atoms with Gasteiger partial charge in [-0.25, -0.2) is 0 Å². The van der Waals surface area contributed by atoms with Gasteiger partial charge >= 0.3 is 0 Å². The van der Waals surface area contributed by atoms with E-state index in [-0.39, 0.29) is 17.3 Å². The van der Waals surface area contributed by atoms with E-state index < -0.39 is 5.92 Å². The largest absolute Gasteiger partial charge is 0.496 e. The number of nitrogens with zero attached hydrogens (tertiary/aromatic N) is 2. The van der Waals surface area contributed by atoms with Gasteiger partial charge in [-0.15, -0.1) is 5.10 Å².